The van der Waals surface area contributed by atoms with Gasteiger partial charge in [-0.2, -0.15) is 0 Å². The highest BCUT2D eigenvalue weighted by atomic mass is 16.5. The maximum Gasteiger partial charge on any atom is 0.248 e. The van der Waals surface area contributed by atoms with Crippen LogP contribution in [-0.2, 0) is 25.6 Å². The zero-order valence-electron chi connectivity index (χ0n) is 18.6. The van der Waals surface area contributed by atoms with Crippen molar-refractivity contribution in [1.29, 1.82) is 0 Å². The summed E-state index contributed by atoms with van der Waals surface area (Å²) in [5, 5.41) is 0. The first-order valence-corrected chi connectivity index (χ1v) is 11.6. The van der Waals surface area contributed by atoms with Crippen LogP contribution in [0.4, 0.5) is 0 Å². The molecular formula is C26H33NO5. The fraction of sp³-hybridized carbons (Fsp3) is 0.500. The molecule has 0 aromatic heterocycles. The molecule has 1 atom stereocenters. The molecule has 2 aliphatic heterocycles. The number of ether oxygens (including phenoxy) is 4. The fourth-order valence-corrected chi connectivity index (χ4v) is 4.45. The Kier molecular flexibility index (Phi) is 8.15. The normalized spacial score (nSPS) is 20.2. The third kappa shape index (κ3) is 6.55. The SMILES string of the molecule is O=C(COCc1ccccc1)N1CCC2(CC1)CC(OCCOc1ccccc1)CCO2. The van der Waals surface area contributed by atoms with Gasteiger partial charge < -0.3 is 23.8 Å². The maximum absolute atomic E-state index is 12.5. The predicted molar refractivity (Wildman–Crippen MR) is 122 cm³/mol. The largest absolute Gasteiger partial charge is 0.491 e. The summed E-state index contributed by atoms with van der Waals surface area (Å²) in [6, 6.07) is 19.7. The van der Waals surface area contributed by atoms with E-state index >= 15 is 0 Å². The number of rotatable bonds is 9. The van der Waals surface area contributed by atoms with E-state index in [1.807, 2.05) is 65.6 Å². The molecule has 6 nitrogen and oxygen atoms in total. The van der Waals surface area contributed by atoms with E-state index in [1.165, 1.54) is 0 Å². The number of para-hydroxylation sites is 1. The number of benzene rings is 2. The lowest BCUT2D eigenvalue weighted by Crippen LogP contribution is -2.52. The van der Waals surface area contributed by atoms with Gasteiger partial charge in [0.2, 0.25) is 5.91 Å². The Labute approximate surface area is 190 Å². The Balaban J connectivity index is 1.15. The third-order valence-corrected chi connectivity index (χ3v) is 6.26. The van der Waals surface area contributed by atoms with Gasteiger partial charge in [0.1, 0.15) is 19.0 Å². The van der Waals surface area contributed by atoms with Gasteiger partial charge in [-0.05, 0) is 37.0 Å². The topological polar surface area (TPSA) is 57.2 Å². The van der Waals surface area contributed by atoms with Crippen molar-refractivity contribution in [2.24, 2.45) is 0 Å². The molecule has 2 fully saturated rings. The fourth-order valence-electron chi connectivity index (χ4n) is 4.45. The van der Waals surface area contributed by atoms with E-state index in [0.29, 0.717) is 39.5 Å². The average Bonchev–Trinajstić information content (AvgIpc) is 2.84. The van der Waals surface area contributed by atoms with Gasteiger partial charge in [0.25, 0.3) is 0 Å². The van der Waals surface area contributed by atoms with Crippen molar-refractivity contribution in [2.45, 2.75) is 44.0 Å². The zero-order valence-corrected chi connectivity index (χ0v) is 18.6. The first-order chi connectivity index (χ1) is 15.7. The molecule has 0 bridgehead atoms. The van der Waals surface area contributed by atoms with Crippen molar-refractivity contribution in [3.8, 4) is 5.75 Å². The summed E-state index contributed by atoms with van der Waals surface area (Å²) in [7, 11) is 0. The molecule has 2 aliphatic rings. The molecule has 0 saturated carbocycles. The van der Waals surface area contributed by atoms with Gasteiger partial charge in [-0.15, -0.1) is 0 Å². The molecular weight excluding hydrogens is 406 g/mol. The molecule has 6 heteroatoms. The summed E-state index contributed by atoms with van der Waals surface area (Å²) < 4.78 is 23.6. The highest BCUT2D eigenvalue weighted by Gasteiger charge is 2.41. The molecule has 32 heavy (non-hydrogen) atoms. The molecule has 0 N–H and O–H groups in total. The molecule has 172 valence electrons. The smallest absolute Gasteiger partial charge is 0.248 e. The molecule has 2 aromatic rings. The van der Waals surface area contributed by atoms with Crippen LogP contribution in [0.25, 0.3) is 0 Å². The molecule has 0 aliphatic carbocycles. The van der Waals surface area contributed by atoms with Gasteiger partial charge >= 0.3 is 0 Å². The van der Waals surface area contributed by atoms with Gasteiger partial charge in [0.15, 0.2) is 0 Å². The number of hydrogen-bond donors (Lipinski definition) is 0. The number of carbonyl (C=O) groups excluding carboxylic acids is 1. The number of amides is 1. The Bertz CT molecular complexity index is 821. The van der Waals surface area contributed by atoms with E-state index in [1.54, 1.807) is 0 Å². The number of carbonyl (C=O) groups is 1. The lowest BCUT2D eigenvalue weighted by molar-refractivity contribution is -0.164. The number of hydrogen-bond acceptors (Lipinski definition) is 5. The monoisotopic (exact) mass is 439 g/mol. The second kappa shape index (κ2) is 11.5. The van der Waals surface area contributed by atoms with Crippen LogP contribution in [0.15, 0.2) is 60.7 Å². The molecule has 2 heterocycles. The molecule has 1 amide bonds. The van der Waals surface area contributed by atoms with Crippen LogP contribution >= 0.6 is 0 Å². The molecule has 4 rings (SSSR count). The molecule has 1 spiro atoms. The highest BCUT2D eigenvalue weighted by molar-refractivity contribution is 5.77. The van der Waals surface area contributed by atoms with Crippen molar-refractivity contribution < 1.29 is 23.7 Å². The quantitative estimate of drug-likeness (QED) is 0.556. The Morgan fingerprint density at radius 3 is 2.47 bits per heavy atom. The highest BCUT2D eigenvalue weighted by Crippen LogP contribution is 2.36. The maximum atomic E-state index is 12.5. The summed E-state index contributed by atoms with van der Waals surface area (Å²) in [6.07, 6.45) is 3.66. The minimum atomic E-state index is -0.176. The van der Waals surface area contributed by atoms with Crippen LogP contribution in [0.5, 0.6) is 5.75 Å². The van der Waals surface area contributed by atoms with E-state index in [0.717, 1.165) is 37.0 Å². The second-order valence-corrected chi connectivity index (χ2v) is 8.54. The summed E-state index contributed by atoms with van der Waals surface area (Å²) in [5.41, 5.74) is 0.902. The van der Waals surface area contributed by atoms with Gasteiger partial charge in [-0.1, -0.05) is 48.5 Å². The summed E-state index contributed by atoms with van der Waals surface area (Å²) in [5.74, 6) is 0.918. The predicted octanol–water partition coefficient (Wildman–Crippen LogP) is 3.84. The van der Waals surface area contributed by atoms with Crippen LogP contribution in [0.3, 0.4) is 0 Å². The first kappa shape index (κ1) is 22.8. The van der Waals surface area contributed by atoms with Crippen molar-refractivity contribution >= 4 is 5.91 Å². The summed E-state index contributed by atoms with van der Waals surface area (Å²) in [6.45, 7) is 3.81. The molecule has 2 aromatic carbocycles. The third-order valence-electron chi connectivity index (χ3n) is 6.26. The summed E-state index contributed by atoms with van der Waals surface area (Å²) in [4.78, 5) is 14.4. The number of piperidine rings is 1. The van der Waals surface area contributed by atoms with Crippen molar-refractivity contribution in [3.63, 3.8) is 0 Å². The lowest BCUT2D eigenvalue weighted by atomic mass is 9.83. The Morgan fingerprint density at radius 1 is 1.00 bits per heavy atom. The van der Waals surface area contributed by atoms with Crippen LogP contribution in [0, 0.1) is 0 Å². The van der Waals surface area contributed by atoms with Crippen molar-refractivity contribution in [3.05, 3.63) is 66.2 Å². The van der Waals surface area contributed by atoms with E-state index < -0.39 is 0 Å². The number of nitrogens with zero attached hydrogens (tertiary/aromatic N) is 1. The van der Waals surface area contributed by atoms with Crippen LogP contribution in [0.2, 0.25) is 0 Å². The Hall–Kier alpha value is -2.41. The van der Waals surface area contributed by atoms with E-state index in [-0.39, 0.29) is 24.2 Å². The lowest BCUT2D eigenvalue weighted by Gasteiger charge is -2.46. The van der Waals surface area contributed by atoms with Crippen LogP contribution in [-0.4, -0.2) is 62.0 Å². The van der Waals surface area contributed by atoms with Gasteiger partial charge in [0, 0.05) is 26.1 Å². The minimum absolute atomic E-state index is 0.0532. The first-order valence-electron chi connectivity index (χ1n) is 11.6. The summed E-state index contributed by atoms with van der Waals surface area (Å²) >= 11 is 0. The van der Waals surface area contributed by atoms with E-state index in [9.17, 15) is 4.79 Å². The van der Waals surface area contributed by atoms with Gasteiger partial charge in [-0.3, -0.25) is 4.79 Å². The number of likely N-dealkylation sites (tertiary alicyclic amines) is 1. The molecule has 2 saturated heterocycles. The second-order valence-electron chi connectivity index (χ2n) is 8.54. The Morgan fingerprint density at radius 2 is 1.72 bits per heavy atom. The van der Waals surface area contributed by atoms with Crippen LogP contribution in [0.1, 0.15) is 31.2 Å². The van der Waals surface area contributed by atoms with Crippen molar-refractivity contribution in [1.82, 2.24) is 4.90 Å². The average molecular weight is 440 g/mol. The standard InChI is InChI=1S/C26H33NO5/c28-25(21-29-20-22-7-3-1-4-8-22)27-14-12-26(13-15-27)19-24(11-16-32-26)31-18-17-30-23-9-5-2-6-10-23/h1-10,24H,11-21H2. The van der Waals surface area contributed by atoms with Gasteiger partial charge in [0.05, 0.1) is 24.9 Å². The minimum Gasteiger partial charge on any atom is -0.491 e. The molecule has 1 unspecified atom stereocenters. The van der Waals surface area contributed by atoms with Crippen LogP contribution < -0.4 is 4.74 Å². The van der Waals surface area contributed by atoms with E-state index in [4.69, 9.17) is 18.9 Å². The molecule has 0 radical (unpaired) electrons. The van der Waals surface area contributed by atoms with Crippen molar-refractivity contribution in [2.75, 3.05) is 39.5 Å². The van der Waals surface area contributed by atoms with Gasteiger partial charge in [-0.25, -0.2) is 0 Å². The zero-order chi connectivity index (χ0) is 22.1. The van der Waals surface area contributed by atoms with E-state index in [2.05, 4.69) is 0 Å².